The van der Waals surface area contributed by atoms with E-state index in [4.69, 9.17) is 11.6 Å². The average molecular weight is 327 g/mol. The summed E-state index contributed by atoms with van der Waals surface area (Å²) in [4.78, 5) is 16.6. The molecule has 22 heavy (non-hydrogen) atoms. The lowest BCUT2D eigenvalue weighted by Gasteiger charge is -2.36. The van der Waals surface area contributed by atoms with Gasteiger partial charge in [0.1, 0.15) is 5.82 Å². The van der Waals surface area contributed by atoms with Crippen LogP contribution >= 0.6 is 11.6 Å². The van der Waals surface area contributed by atoms with Crippen molar-refractivity contribution in [3.05, 3.63) is 34.6 Å². The van der Waals surface area contributed by atoms with Crippen molar-refractivity contribution in [2.75, 3.05) is 20.1 Å². The predicted octanol–water partition coefficient (Wildman–Crippen LogP) is 3.70. The summed E-state index contributed by atoms with van der Waals surface area (Å²) in [5.74, 6) is -0.298. The largest absolute Gasteiger partial charge is 0.340 e. The Hall–Kier alpha value is -1.13. The lowest BCUT2D eigenvalue weighted by Crippen LogP contribution is -2.50. The summed E-state index contributed by atoms with van der Waals surface area (Å²) in [7, 11) is 1.73. The van der Waals surface area contributed by atoms with Crippen LogP contribution in [-0.4, -0.2) is 41.9 Å². The van der Waals surface area contributed by atoms with E-state index < -0.39 is 0 Å². The summed E-state index contributed by atoms with van der Waals surface area (Å²) in [5.41, 5.74) is 0.387. The van der Waals surface area contributed by atoms with Crippen LogP contribution in [0, 0.1) is 5.82 Å². The van der Waals surface area contributed by atoms with E-state index in [9.17, 15) is 9.18 Å². The Morgan fingerprint density at radius 3 is 2.91 bits per heavy atom. The van der Waals surface area contributed by atoms with Gasteiger partial charge in [-0.05, 0) is 44.5 Å². The highest BCUT2D eigenvalue weighted by molar-refractivity contribution is 6.31. The van der Waals surface area contributed by atoms with Crippen LogP contribution < -0.4 is 0 Å². The van der Waals surface area contributed by atoms with Crippen molar-refractivity contribution in [1.82, 2.24) is 9.80 Å². The quantitative estimate of drug-likeness (QED) is 0.823. The maximum atomic E-state index is 13.9. The molecule has 0 N–H and O–H groups in total. The summed E-state index contributed by atoms with van der Waals surface area (Å²) < 4.78 is 13.9. The molecule has 2 rings (SSSR count). The lowest BCUT2D eigenvalue weighted by atomic mass is 10.0. The van der Waals surface area contributed by atoms with Crippen molar-refractivity contribution in [3.8, 4) is 0 Å². The number of rotatable bonds is 5. The molecule has 1 aromatic carbocycles. The molecule has 0 radical (unpaired) electrons. The van der Waals surface area contributed by atoms with E-state index in [1.165, 1.54) is 6.07 Å². The SMILES string of the molecule is CCCN1CCCCC1C(=O)N(C)Cc1c(F)cccc1Cl. The number of hydrogen-bond acceptors (Lipinski definition) is 2. The molecule has 3 nitrogen and oxygen atoms in total. The van der Waals surface area contributed by atoms with Gasteiger partial charge in [-0.15, -0.1) is 0 Å². The van der Waals surface area contributed by atoms with Gasteiger partial charge < -0.3 is 4.90 Å². The molecule has 1 aliphatic heterocycles. The van der Waals surface area contributed by atoms with Gasteiger partial charge in [-0.25, -0.2) is 4.39 Å². The summed E-state index contributed by atoms with van der Waals surface area (Å²) >= 11 is 6.05. The zero-order valence-corrected chi connectivity index (χ0v) is 14.1. The number of hydrogen-bond donors (Lipinski definition) is 0. The van der Waals surface area contributed by atoms with Gasteiger partial charge in [0.2, 0.25) is 5.91 Å². The summed E-state index contributed by atoms with van der Waals surface area (Å²) in [6.45, 7) is 4.24. The van der Waals surface area contributed by atoms with Crippen molar-refractivity contribution in [3.63, 3.8) is 0 Å². The molecule has 1 saturated heterocycles. The average Bonchev–Trinajstić information content (AvgIpc) is 2.51. The summed E-state index contributed by atoms with van der Waals surface area (Å²) in [5, 5.41) is 0.369. The fourth-order valence-electron chi connectivity index (χ4n) is 3.08. The van der Waals surface area contributed by atoms with Crippen LogP contribution in [0.2, 0.25) is 5.02 Å². The number of benzene rings is 1. The third-order valence-corrected chi connectivity index (χ3v) is 4.60. The smallest absolute Gasteiger partial charge is 0.239 e. The van der Waals surface area contributed by atoms with E-state index in [0.29, 0.717) is 10.6 Å². The highest BCUT2D eigenvalue weighted by Gasteiger charge is 2.30. The Morgan fingerprint density at radius 1 is 1.45 bits per heavy atom. The van der Waals surface area contributed by atoms with Gasteiger partial charge in [-0.3, -0.25) is 9.69 Å². The minimum Gasteiger partial charge on any atom is -0.340 e. The Balaban J connectivity index is 2.07. The van der Waals surface area contributed by atoms with Crippen LogP contribution in [0.1, 0.15) is 38.2 Å². The number of nitrogens with zero attached hydrogens (tertiary/aromatic N) is 2. The molecule has 1 aliphatic rings. The van der Waals surface area contributed by atoms with Gasteiger partial charge in [-0.2, -0.15) is 0 Å². The fourth-order valence-corrected chi connectivity index (χ4v) is 3.30. The molecule has 0 spiro atoms. The monoisotopic (exact) mass is 326 g/mol. The van der Waals surface area contributed by atoms with E-state index in [-0.39, 0.29) is 24.3 Å². The van der Waals surface area contributed by atoms with Crippen LogP contribution in [0.4, 0.5) is 4.39 Å². The fraction of sp³-hybridized carbons (Fsp3) is 0.588. The first-order chi connectivity index (χ1) is 10.5. The molecule has 1 atom stereocenters. The van der Waals surface area contributed by atoms with Crippen LogP contribution in [-0.2, 0) is 11.3 Å². The molecule has 5 heteroatoms. The second-order valence-corrected chi connectivity index (χ2v) is 6.35. The number of amides is 1. The minimum absolute atomic E-state index is 0.0625. The van der Waals surface area contributed by atoms with Gasteiger partial charge in [0.05, 0.1) is 6.04 Å². The number of carbonyl (C=O) groups is 1. The Labute approximate surface area is 137 Å². The molecule has 0 aliphatic carbocycles. The minimum atomic E-state index is -0.360. The Bertz CT molecular complexity index is 501. The number of halogens is 2. The number of carbonyl (C=O) groups excluding carboxylic acids is 1. The van der Waals surface area contributed by atoms with Gasteiger partial charge >= 0.3 is 0 Å². The van der Waals surface area contributed by atoms with Crippen molar-refractivity contribution >= 4 is 17.5 Å². The molecule has 0 aromatic heterocycles. The van der Waals surface area contributed by atoms with Gasteiger partial charge in [-0.1, -0.05) is 31.0 Å². The lowest BCUT2D eigenvalue weighted by molar-refractivity contribution is -0.137. The molecule has 1 unspecified atom stereocenters. The van der Waals surface area contributed by atoms with Crippen LogP contribution in [0.25, 0.3) is 0 Å². The molecular weight excluding hydrogens is 303 g/mol. The third-order valence-electron chi connectivity index (χ3n) is 4.24. The van der Waals surface area contributed by atoms with Gasteiger partial charge in [0, 0.05) is 24.2 Å². The zero-order valence-electron chi connectivity index (χ0n) is 13.3. The molecule has 1 fully saturated rings. The number of likely N-dealkylation sites (N-methyl/N-ethyl adjacent to an activating group) is 1. The maximum Gasteiger partial charge on any atom is 0.239 e. The van der Waals surface area contributed by atoms with Crippen molar-refractivity contribution in [2.45, 2.75) is 45.2 Å². The highest BCUT2D eigenvalue weighted by Crippen LogP contribution is 2.23. The van der Waals surface area contributed by atoms with E-state index in [1.54, 1.807) is 24.1 Å². The first-order valence-electron chi connectivity index (χ1n) is 7.96. The number of likely N-dealkylation sites (tertiary alicyclic amines) is 1. The van der Waals surface area contributed by atoms with Crippen molar-refractivity contribution in [1.29, 1.82) is 0 Å². The van der Waals surface area contributed by atoms with E-state index in [1.807, 2.05) is 0 Å². The first-order valence-corrected chi connectivity index (χ1v) is 8.34. The summed E-state index contributed by atoms with van der Waals surface area (Å²) in [6.07, 6.45) is 4.14. The van der Waals surface area contributed by atoms with E-state index in [2.05, 4.69) is 11.8 Å². The second kappa shape index (κ2) is 7.93. The van der Waals surface area contributed by atoms with Crippen molar-refractivity contribution in [2.24, 2.45) is 0 Å². The zero-order chi connectivity index (χ0) is 16.1. The Morgan fingerprint density at radius 2 is 2.23 bits per heavy atom. The topological polar surface area (TPSA) is 23.6 Å². The van der Waals surface area contributed by atoms with Crippen LogP contribution in [0.5, 0.6) is 0 Å². The molecule has 1 amide bonds. The second-order valence-electron chi connectivity index (χ2n) is 5.94. The highest BCUT2D eigenvalue weighted by atomic mass is 35.5. The maximum absolute atomic E-state index is 13.9. The molecule has 1 aromatic rings. The molecule has 122 valence electrons. The van der Waals surface area contributed by atoms with Crippen LogP contribution in [0.3, 0.4) is 0 Å². The van der Waals surface area contributed by atoms with Crippen molar-refractivity contribution < 1.29 is 9.18 Å². The third kappa shape index (κ3) is 3.99. The standard InChI is InChI=1S/C17H24ClFN2O/c1-3-10-21-11-5-4-9-16(21)17(22)20(2)12-13-14(18)7-6-8-15(13)19/h6-8,16H,3-5,9-12H2,1-2H3. The van der Waals surface area contributed by atoms with Gasteiger partial charge in [0.15, 0.2) is 0 Å². The molecular formula is C17H24ClFN2O. The van der Waals surface area contributed by atoms with Crippen LogP contribution in [0.15, 0.2) is 18.2 Å². The predicted molar refractivity (Wildman–Crippen MR) is 87.4 cm³/mol. The molecule has 0 saturated carbocycles. The van der Waals surface area contributed by atoms with E-state index >= 15 is 0 Å². The first kappa shape index (κ1) is 17.2. The normalized spacial score (nSPS) is 19.2. The summed E-state index contributed by atoms with van der Waals surface area (Å²) in [6, 6.07) is 4.53. The van der Waals surface area contributed by atoms with E-state index in [0.717, 1.165) is 38.8 Å². The molecule has 1 heterocycles. The van der Waals surface area contributed by atoms with Gasteiger partial charge in [0.25, 0.3) is 0 Å². The number of piperidine rings is 1. The molecule has 0 bridgehead atoms. The Kier molecular flexibility index (Phi) is 6.21.